The molecule has 1 heterocycles. The summed E-state index contributed by atoms with van der Waals surface area (Å²) in [5.41, 5.74) is 0.486. The monoisotopic (exact) mass is 222 g/mol. The summed E-state index contributed by atoms with van der Waals surface area (Å²) in [4.78, 5) is 22.1. The van der Waals surface area contributed by atoms with Crippen LogP contribution in [0, 0.1) is 0 Å². The van der Waals surface area contributed by atoms with Crippen LogP contribution in [0.1, 0.15) is 5.56 Å². The fraction of sp³-hybridized carbons (Fsp3) is 0.200. The first-order chi connectivity index (χ1) is 7.56. The van der Waals surface area contributed by atoms with Crippen LogP contribution in [0.15, 0.2) is 18.2 Å². The number of phenolic OH excluding ortho intramolecular Hbond substituents is 2. The SMILES string of the molecule is O=C1NC(=O)C(Cc2ccc(O)cc2O)N1. The lowest BCUT2D eigenvalue weighted by Gasteiger charge is -2.08. The highest BCUT2D eigenvalue weighted by Crippen LogP contribution is 2.23. The van der Waals surface area contributed by atoms with Crippen molar-refractivity contribution in [1.29, 1.82) is 0 Å². The Labute approximate surface area is 90.9 Å². The van der Waals surface area contributed by atoms with Gasteiger partial charge in [-0.3, -0.25) is 10.1 Å². The lowest BCUT2D eigenvalue weighted by molar-refractivity contribution is -0.120. The van der Waals surface area contributed by atoms with Gasteiger partial charge in [0.05, 0.1) is 0 Å². The summed E-state index contributed by atoms with van der Waals surface area (Å²) in [5, 5.41) is 23.1. The van der Waals surface area contributed by atoms with Crippen molar-refractivity contribution >= 4 is 11.9 Å². The van der Waals surface area contributed by atoms with Crippen LogP contribution < -0.4 is 10.6 Å². The number of aromatic hydroxyl groups is 2. The molecule has 1 unspecified atom stereocenters. The summed E-state index contributed by atoms with van der Waals surface area (Å²) in [6, 6.07) is 2.88. The van der Waals surface area contributed by atoms with Crippen LogP contribution in [0.4, 0.5) is 4.79 Å². The lowest BCUT2D eigenvalue weighted by atomic mass is 10.0. The van der Waals surface area contributed by atoms with E-state index < -0.39 is 18.0 Å². The molecule has 0 bridgehead atoms. The van der Waals surface area contributed by atoms with Crippen molar-refractivity contribution < 1.29 is 19.8 Å². The lowest BCUT2D eigenvalue weighted by Crippen LogP contribution is -2.31. The van der Waals surface area contributed by atoms with Gasteiger partial charge in [-0.05, 0) is 11.6 Å². The molecular formula is C10H10N2O4. The Kier molecular flexibility index (Phi) is 2.40. The number of urea groups is 1. The fourth-order valence-corrected chi connectivity index (χ4v) is 1.55. The molecule has 0 radical (unpaired) electrons. The fourth-order valence-electron chi connectivity index (χ4n) is 1.55. The van der Waals surface area contributed by atoms with E-state index in [1.54, 1.807) is 0 Å². The zero-order valence-corrected chi connectivity index (χ0v) is 8.23. The molecule has 0 aromatic heterocycles. The zero-order valence-electron chi connectivity index (χ0n) is 8.23. The Hall–Kier alpha value is -2.24. The molecule has 3 amide bonds. The molecule has 0 saturated carbocycles. The van der Waals surface area contributed by atoms with E-state index >= 15 is 0 Å². The van der Waals surface area contributed by atoms with E-state index in [0.29, 0.717) is 5.56 Å². The molecule has 1 aliphatic heterocycles. The van der Waals surface area contributed by atoms with Gasteiger partial charge >= 0.3 is 6.03 Å². The summed E-state index contributed by atoms with van der Waals surface area (Å²) >= 11 is 0. The maximum atomic E-state index is 11.2. The number of rotatable bonds is 2. The van der Waals surface area contributed by atoms with E-state index in [2.05, 4.69) is 10.6 Å². The normalized spacial score (nSPS) is 19.4. The van der Waals surface area contributed by atoms with Gasteiger partial charge in [0.2, 0.25) is 0 Å². The third-order valence-corrected chi connectivity index (χ3v) is 2.35. The molecule has 0 spiro atoms. The van der Waals surface area contributed by atoms with Crippen molar-refractivity contribution in [2.75, 3.05) is 0 Å². The van der Waals surface area contributed by atoms with Crippen LogP contribution in [-0.4, -0.2) is 28.2 Å². The number of hydrogen-bond acceptors (Lipinski definition) is 4. The number of nitrogens with one attached hydrogen (secondary N) is 2. The molecule has 0 aliphatic carbocycles. The van der Waals surface area contributed by atoms with Crippen LogP contribution in [0.25, 0.3) is 0 Å². The van der Waals surface area contributed by atoms with Gasteiger partial charge in [0.25, 0.3) is 5.91 Å². The van der Waals surface area contributed by atoms with E-state index in [4.69, 9.17) is 5.11 Å². The third kappa shape index (κ3) is 1.90. The highest BCUT2D eigenvalue weighted by atomic mass is 16.3. The number of hydrogen-bond donors (Lipinski definition) is 4. The number of imide groups is 1. The molecule has 84 valence electrons. The summed E-state index contributed by atoms with van der Waals surface area (Å²) in [7, 11) is 0. The number of carbonyl (C=O) groups excluding carboxylic acids is 2. The molecule has 16 heavy (non-hydrogen) atoms. The van der Waals surface area contributed by atoms with E-state index in [-0.39, 0.29) is 17.9 Å². The molecular weight excluding hydrogens is 212 g/mol. The first kappa shape index (κ1) is 10.3. The van der Waals surface area contributed by atoms with E-state index in [9.17, 15) is 14.7 Å². The minimum absolute atomic E-state index is 0.0545. The van der Waals surface area contributed by atoms with Crippen molar-refractivity contribution in [2.24, 2.45) is 0 Å². The van der Waals surface area contributed by atoms with Gasteiger partial charge < -0.3 is 15.5 Å². The molecule has 6 nitrogen and oxygen atoms in total. The van der Waals surface area contributed by atoms with Crippen LogP contribution in [0.3, 0.4) is 0 Å². The summed E-state index contributed by atoms with van der Waals surface area (Å²) < 4.78 is 0. The molecule has 1 aromatic carbocycles. The Morgan fingerprint density at radius 3 is 2.56 bits per heavy atom. The molecule has 1 atom stereocenters. The highest BCUT2D eigenvalue weighted by molar-refractivity contribution is 6.04. The van der Waals surface area contributed by atoms with Crippen LogP contribution >= 0.6 is 0 Å². The summed E-state index contributed by atoms with van der Waals surface area (Å²) in [6.45, 7) is 0. The van der Waals surface area contributed by atoms with Crippen molar-refractivity contribution in [1.82, 2.24) is 10.6 Å². The topological polar surface area (TPSA) is 98.7 Å². The number of phenols is 2. The number of amides is 3. The second-order valence-electron chi connectivity index (χ2n) is 3.53. The van der Waals surface area contributed by atoms with Gasteiger partial charge in [-0.1, -0.05) is 6.07 Å². The predicted octanol–water partition coefficient (Wildman–Crippen LogP) is -0.152. The highest BCUT2D eigenvalue weighted by Gasteiger charge is 2.29. The Bertz CT molecular complexity index is 458. The Morgan fingerprint density at radius 2 is 2.00 bits per heavy atom. The van der Waals surface area contributed by atoms with Gasteiger partial charge in [-0.15, -0.1) is 0 Å². The molecule has 1 saturated heterocycles. The second-order valence-corrected chi connectivity index (χ2v) is 3.53. The standard InChI is InChI=1S/C10H10N2O4/c13-6-2-1-5(8(14)4-6)3-7-9(15)12-10(16)11-7/h1-2,4,7,13-14H,3H2,(H2,11,12,15,16). The van der Waals surface area contributed by atoms with Gasteiger partial charge in [-0.2, -0.15) is 0 Å². The molecule has 2 rings (SSSR count). The second kappa shape index (κ2) is 3.73. The van der Waals surface area contributed by atoms with Gasteiger partial charge in [-0.25, -0.2) is 4.79 Å². The van der Waals surface area contributed by atoms with E-state index in [0.717, 1.165) is 0 Å². The smallest absolute Gasteiger partial charge is 0.322 e. The van der Waals surface area contributed by atoms with Crippen LogP contribution in [0.5, 0.6) is 11.5 Å². The summed E-state index contributed by atoms with van der Waals surface area (Å²) in [6.07, 6.45) is 0.184. The first-order valence-corrected chi connectivity index (χ1v) is 4.68. The molecule has 1 aromatic rings. The average molecular weight is 222 g/mol. The maximum absolute atomic E-state index is 11.2. The largest absolute Gasteiger partial charge is 0.508 e. The molecule has 4 N–H and O–H groups in total. The minimum atomic E-state index is -0.678. The first-order valence-electron chi connectivity index (χ1n) is 4.68. The molecule has 6 heteroatoms. The Balaban J connectivity index is 2.15. The van der Waals surface area contributed by atoms with Gasteiger partial charge in [0, 0.05) is 12.5 Å². The van der Waals surface area contributed by atoms with E-state index in [1.807, 2.05) is 0 Å². The quantitative estimate of drug-likeness (QED) is 0.523. The Morgan fingerprint density at radius 1 is 1.25 bits per heavy atom. The number of carbonyl (C=O) groups is 2. The molecule has 1 aliphatic rings. The van der Waals surface area contributed by atoms with Crippen molar-refractivity contribution in [3.05, 3.63) is 23.8 Å². The van der Waals surface area contributed by atoms with Crippen LogP contribution in [0.2, 0.25) is 0 Å². The maximum Gasteiger partial charge on any atom is 0.322 e. The van der Waals surface area contributed by atoms with Crippen molar-refractivity contribution in [3.8, 4) is 11.5 Å². The predicted molar refractivity (Wildman–Crippen MR) is 53.9 cm³/mol. The minimum Gasteiger partial charge on any atom is -0.508 e. The zero-order chi connectivity index (χ0) is 11.7. The van der Waals surface area contributed by atoms with Crippen molar-refractivity contribution in [2.45, 2.75) is 12.5 Å². The van der Waals surface area contributed by atoms with Crippen LogP contribution in [-0.2, 0) is 11.2 Å². The average Bonchev–Trinajstić information content (AvgIpc) is 2.50. The summed E-state index contributed by atoms with van der Waals surface area (Å²) in [5.74, 6) is -0.576. The van der Waals surface area contributed by atoms with E-state index in [1.165, 1.54) is 18.2 Å². The van der Waals surface area contributed by atoms with Gasteiger partial charge in [0.15, 0.2) is 0 Å². The third-order valence-electron chi connectivity index (χ3n) is 2.35. The molecule has 1 fully saturated rings. The van der Waals surface area contributed by atoms with Crippen molar-refractivity contribution in [3.63, 3.8) is 0 Å². The number of benzene rings is 1. The van der Waals surface area contributed by atoms with Gasteiger partial charge in [0.1, 0.15) is 17.5 Å².